The number of anilines is 1. The summed E-state index contributed by atoms with van der Waals surface area (Å²) in [4.78, 5) is 12.5. The molecule has 0 unspecified atom stereocenters. The van der Waals surface area contributed by atoms with Crippen molar-refractivity contribution in [2.45, 2.75) is 13.0 Å². The number of aliphatic hydroxyl groups excluding tert-OH is 1. The van der Waals surface area contributed by atoms with Crippen molar-refractivity contribution in [3.8, 4) is 5.75 Å². The molecule has 0 bridgehead atoms. The summed E-state index contributed by atoms with van der Waals surface area (Å²) in [7, 11) is 0. The Balaban J connectivity index is 1.76. The van der Waals surface area contributed by atoms with Crippen LogP contribution in [0.15, 0.2) is 60.7 Å². The molecular formula is C22H18Cl3NO3. The molecule has 0 aromatic heterocycles. The van der Waals surface area contributed by atoms with Gasteiger partial charge in [0.1, 0.15) is 11.9 Å². The Morgan fingerprint density at radius 1 is 1.03 bits per heavy atom. The minimum absolute atomic E-state index is 0.258. The van der Waals surface area contributed by atoms with Crippen molar-refractivity contribution < 1.29 is 14.6 Å². The molecule has 0 radical (unpaired) electrons. The lowest BCUT2D eigenvalue weighted by Gasteiger charge is -2.18. The van der Waals surface area contributed by atoms with Crippen LogP contribution in [0, 0.1) is 6.92 Å². The fourth-order valence-electron chi connectivity index (χ4n) is 2.88. The van der Waals surface area contributed by atoms with Crippen molar-refractivity contribution in [3.05, 3.63) is 92.4 Å². The van der Waals surface area contributed by atoms with Gasteiger partial charge < -0.3 is 15.2 Å². The first-order chi connectivity index (χ1) is 13.8. The predicted molar refractivity (Wildman–Crippen MR) is 117 cm³/mol. The van der Waals surface area contributed by atoms with Crippen LogP contribution in [-0.4, -0.2) is 17.6 Å². The van der Waals surface area contributed by atoms with Gasteiger partial charge in [0.05, 0.1) is 5.02 Å². The molecule has 3 aromatic rings. The summed E-state index contributed by atoms with van der Waals surface area (Å²) in [6, 6.07) is 17.3. The van der Waals surface area contributed by atoms with Crippen LogP contribution >= 0.6 is 34.8 Å². The van der Waals surface area contributed by atoms with Gasteiger partial charge in [0, 0.05) is 21.3 Å². The number of halogens is 3. The molecule has 3 aromatic carbocycles. The Bertz CT molecular complexity index is 1000. The first kappa shape index (κ1) is 21.5. The SMILES string of the molecule is Cc1cc(Cl)cc(Cl)c1OCC(=O)Nc1ccc(Cl)cc1[C@@H](O)c1ccccc1. The van der Waals surface area contributed by atoms with Gasteiger partial charge in [-0.1, -0.05) is 65.1 Å². The molecule has 2 N–H and O–H groups in total. The summed E-state index contributed by atoms with van der Waals surface area (Å²) < 4.78 is 5.57. The Morgan fingerprint density at radius 2 is 1.76 bits per heavy atom. The number of benzene rings is 3. The highest BCUT2D eigenvalue weighted by Crippen LogP contribution is 2.33. The highest BCUT2D eigenvalue weighted by molar-refractivity contribution is 6.35. The molecule has 4 nitrogen and oxygen atoms in total. The molecule has 3 rings (SSSR count). The van der Waals surface area contributed by atoms with Gasteiger partial charge in [0.2, 0.25) is 0 Å². The van der Waals surface area contributed by atoms with Gasteiger partial charge in [-0.25, -0.2) is 0 Å². The molecular weight excluding hydrogens is 433 g/mol. The van der Waals surface area contributed by atoms with Crippen LogP contribution in [0.5, 0.6) is 5.75 Å². The Labute approximate surface area is 184 Å². The smallest absolute Gasteiger partial charge is 0.262 e. The largest absolute Gasteiger partial charge is 0.482 e. The van der Waals surface area contributed by atoms with Crippen molar-refractivity contribution in [3.63, 3.8) is 0 Å². The zero-order valence-electron chi connectivity index (χ0n) is 15.5. The lowest BCUT2D eigenvalue weighted by Crippen LogP contribution is -2.21. The minimum atomic E-state index is -0.945. The highest BCUT2D eigenvalue weighted by atomic mass is 35.5. The predicted octanol–water partition coefficient (Wildman–Crippen LogP) is 6.05. The first-order valence-electron chi connectivity index (χ1n) is 8.76. The first-order valence-corrected chi connectivity index (χ1v) is 9.89. The lowest BCUT2D eigenvalue weighted by molar-refractivity contribution is -0.118. The van der Waals surface area contributed by atoms with E-state index >= 15 is 0 Å². The molecule has 150 valence electrons. The van der Waals surface area contributed by atoms with E-state index in [0.29, 0.717) is 37.6 Å². The van der Waals surface area contributed by atoms with Crippen molar-refractivity contribution in [2.24, 2.45) is 0 Å². The maximum Gasteiger partial charge on any atom is 0.262 e. The minimum Gasteiger partial charge on any atom is -0.482 e. The zero-order valence-corrected chi connectivity index (χ0v) is 17.7. The van der Waals surface area contributed by atoms with Gasteiger partial charge in [0.25, 0.3) is 5.91 Å². The number of aliphatic hydroxyl groups is 1. The molecule has 0 aliphatic rings. The quantitative estimate of drug-likeness (QED) is 0.480. The van der Waals surface area contributed by atoms with Gasteiger partial charge >= 0.3 is 0 Å². The number of carbonyl (C=O) groups is 1. The number of carbonyl (C=O) groups excluding carboxylic acids is 1. The molecule has 7 heteroatoms. The molecule has 0 spiro atoms. The third-order valence-electron chi connectivity index (χ3n) is 4.24. The normalized spacial score (nSPS) is 11.8. The summed E-state index contributed by atoms with van der Waals surface area (Å²) in [6.07, 6.45) is -0.945. The Kier molecular flexibility index (Phi) is 7.04. The summed E-state index contributed by atoms with van der Waals surface area (Å²) in [5.41, 5.74) is 2.34. The van der Waals surface area contributed by atoms with E-state index in [4.69, 9.17) is 39.5 Å². The number of nitrogens with one attached hydrogen (secondary N) is 1. The van der Waals surface area contributed by atoms with Gasteiger partial charge in [-0.15, -0.1) is 0 Å². The molecule has 0 saturated carbocycles. The third kappa shape index (κ3) is 5.43. The molecule has 1 amide bonds. The third-order valence-corrected chi connectivity index (χ3v) is 4.97. The second kappa shape index (κ2) is 9.51. The number of amides is 1. The average Bonchev–Trinajstić information content (AvgIpc) is 2.68. The Hall–Kier alpha value is -2.24. The maximum absolute atomic E-state index is 12.5. The molecule has 0 aliphatic heterocycles. The van der Waals surface area contributed by atoms with Gasteiger partial charge in [-0.2, -0.15) is 0 Å². The molecule has 0 fully saturated rings. The summed E-state index contributed by atoms with van der Waals surface area (Å²) in [5.74, 6) is -0.00822. The van der Waals surface area contributed by atoms with Crippen molar-refractivity contribution in [1.82, 2.24) is 0 Å². The number of aryl methyl sites for hydroxylation is 1. The lowest BCUT2D eigenvalue weighted by atomic mass is 10.00. The molecule has 0 aliphatic carbocycles. The number of rotatable bonds is 6. The van der Waals surface area contributed by atoms with Crippen molar-refractivity contribution in [1.29, 1.82) is 0 Å². The number of ether oxygens (including phenoxy) is 1. The Morgan fingerprint density at radius 3 is 2.45 bits per heavy atom. The number of hydrogen-bond acceptors (Lipinski definition) is 3. The van der Waals surface area contributed by atoms with E-state index in [1.54, 1.807) is 49.4 Å². The zero-order chi connectivity index (χ0) is 21.0. The average molecular weight is 451 g/mol. The standard InChI is InChI=1S/C22H18Cl3NO3/c1-13-9-16(24)11-18(25)22(13)29-12-20(27)26-19-8-7-15(23)10-17(19)21(28)14-5-3-2-4-6-14/h2-11,21,28H,12H2,1H3,(H,26,27)/t21-/m0/s1. The van der Waals surface area contributed by atoms with Crippen LogP contribution in [0.4, 0.5) is 5.69 Å². The van der Waals surface area contributed by atoms with E-state index in [2.05, 4.69) is 5.32 Å². The maximum atomic E-state index is 12.5. The molecule has 1 atom stereocenters. The summed E-state index contributed by atoms with van der Waals surface area (Å²) >= 11 is 18.2. The van der Waals surface area contributed by atoms with Crippen molar-refractivity contribution in [2.75, 3.05) is 11.9 Å². The van der Waals surface area contributed by atoms with Gasteiger partial charge in [0.15, 0.2) is 6.61 Å². The van der Waals surface area contributed by atoms with E-state index < -0.39 is 12.0 Å². The van der Waals surface area contributed by atoms with E-state index in [0.717, 1.165) is 5.56 Å². The summed E-state index contributed by atoms with van der Waals surface area (Å²) in [5, 5.41) is 14.8. The van der Waals surface area contributed by atoms with Gasteiger partial charge in [-0.05, 0) is 48.4 Å². The van der Waals surface area contributed by atoms with E-state index in [1.165, 1.54) is 0 Å². The molecule has 0 saturated heterocycles. The van der Waals surface area contributed by atoms with E-state index in [9.17, 15) is 9.90 Å². The number of hydrogen-bond donors (Lipinski definition) is 2. The van der Waals surface area contributed by atoms with Gasteiger partial charge in [-0.3, -0.25) is 4.79 Å². The van der Waals surface area contributed by atoms with Crippen LogP contribution in [0.2, 0.25) is 15.1 Å². The van der Waals surface area contributed by atoms with Crippen molar-refractivity contribution >= 4 is 46.4 Å². The van der Waals surface area contributed by atoms with E-state index in [-0.39, 0.29) is 6.61 Å². The van der Waals surface area contributed by atoms with Crippen LogP contribution in [0.1, 0.15) is 22.8 Å². The van der Waals surface area contributed by atoms with Crippen LogP contribution < -0.4 is 10.1 Å². The molecule has 0 heterocycles. The van der Waals surface area contributed by atoms with E-state index in [1.807, 2.05) is 18.2 Å². The van der Waals surface area contributed by atoms with Crippen LogP contribution in [-0.2, 0) is 4.79 Å². The topological polar surface area (TPSA) is 58.6 Å². The summed E-state index contributed by atoms with van der Waals surface area (Å²) in [6.45, 7) is 1.53. The second-order valence-corrected chi connectivity index (χ2v) is 7.70. The second-order valence-electron chi connectivity index (χ2n) is 6.42. The molecule has 29 heavy (non-hydrogen) atoms. The van der Waals surface area contributed by atoms with Crippen LogP contribution in [0.25, 0.3) is 0 Å². The fraction of sp³-hybridized carbons (Fsp3) is 0.136. The van der Waals surface area contributed by atoms with Crippen LogP contribution in [0.3, 0.4) is 0 Å². The monoisotopic (exact) mass is 449 g/mol. The highest BCUT2D eigenvalue weighted by Gasteiger charge is 2.17. The fourth-order valence-corrected chi connectivity index (χ4v) is 3.71.